The minimum absolute atomic E-state index is 0.0179. The van der Waals surface area contributed by atoms with Crippen LogP contribution in [0.5, 0.6) is 0 Å². The predicted molar refractivity (Wildman–Crippen MR) is 87.9 cm³/mol. The molecule has 0 unspecified atom stereocenters. The van der Waals surface area contributed by atoms with Gasteiger partial charge in [-0.25, -0.2) is 14.3 Å². The van der Waals surface area contributed by atoms with E-state index >= 15 is 0 Å². The van der Waals surface area contributed by atoms with Crippen molar-refractivity contribution >= 4 is 17.7 Å². The molecule has 1 aromatic heterocycles. The maximum Gasteiger partial charge on any atom is 0.263 e. The van der Waals surface area contributed by atoms with E-state index in [1.807, 2.05) is 0 Å². The molecule has 1 aromatic carbocycles. The summed E-state index contributed by atoms with van der Waals surface area (Å²) in [6, 6.07) is 4.57. The molecule has 25 heavy (non-hydrogen) atoms. The van der Waals surface area contributed by atoms with Gasteiger partial charge in [0.1, 0.15) is 17.2 Å². The predicted octanol–water partition coefficient (Wildman–Crippen LogP) is 2.48. The van der Waals surface area contributed by atoms with E-state index in [-0.39, 0.29) is 17.9 Å². The smallest absolute Gasteiger partial charge is 0.263 e. The van der Waals surface area contributed by atoms with Crippen LogP contribution in [0, 0.1) is 11.6 Å². The normalized spacial score (nSPS) is 16.6. The van der Waals surface area contributed by atoms with Gasteiger partial charge in [0.05, 0.1) is 11.3 Å². The fraction of sp³-hybridized carbons (Fsp3) is 0.375. The Bertz CT molecular complexity index is 763. The second-order valence-corrected chi connectivity index (χ2v) is 7.02. The van der Waals surface area contributed by atoms with Crippen LogP contribution in [0.15, 0.2) is 28.8 Å². The number of rotatable bonds is 5. The Hall–Kier alpha value is -1.97. The Morgan fingerprint density at radius 2 is 2.08 bits per heavy atom. The summed E-state index contributed by atoms with van der Waals surface area (Å²) in [6.07, 6.45) is 1.13. The molecule has 1 fully saturated rings. The molecule has 2 aromatic rings. The largest absolute Gasteiger partial charge is 0.356 e. The van der Waals surface area contributed by atoms with E-state index in [0.29, 0.717) is 18.5 Å². The summed E-state index contributed by atoms with van der Waals surface area (Å²) in [5.41, 5.74) is 1.25. The highest BCUT2D eigenvalue weighted by Gasteiger charge is 2.39. The molecule has 9 heteroatoms. The highest BCUT2D eigenvalue weighted by atomic mass is 32.2. The van der Waals surface area contributed by atoms with Crippen molar-refractivity contribution in [2.45, 2.75) is 24.9 Å². The molecule has 6 nitrogen and oxygen atoms in total. The first-order chi connectivity index (χ1) is 12.0. The van der Waals surface area contributed by atoms with Gasteiger partial charge in [-0.05, 0) is 42.5 Å². The highest BCUT2D eigenvalue weighted by Crippen LogP contribution is 2.28. The molecule has 1 amide bonds. The topological polar surface area (TPSA) is 87.4 Å². The second kappa shape index (κ2) is 7.51. The summed E-state index contributed by atoms with van der Waals surface area (Å²) in [4.78, 5) is 12.1. The summed E-state index contributed by atoms with van der Waals surface area (Å²) in [5, 5.41) is 16.0. The lowest BCUT2D eigenvalue weighted by Crippen LogP contribution is -2.58. The molecule has 2 heterocycles. The zero-order valence-electron chi connectivity index (χ0n) is 13.2. The third-order valence-corrected chi connectivity index (χ3v) is 5.23. The molecule has 3 rings (SSSR count). The van der Waals surface area contributed by atoms with Crippen LogP contribution in [-0.4, -0.2) is 33.3 Å². The molecule has 0 aliphatic carbocycles. The first-order valence-electron chi connectivity index (χ1n) is 7.72. The number of aromatic nitrogens is 1. The van der Waals surface area contributed by atoms with E-state index < -0.39 is 23.1 Å². The molecule has 3 N–H and O–H groups in total. The van der Waals surface area contributed by atoms with Gasteiger partial charge in [0.15, 0.2) is 5.76 Å². The van der Waals surface area contributed by atoms with Crippen LogP contribution in [0.1, 0.15) is 18.5 Å². The van der Waals surface area contributed by atoms with Gasteiger partial charge < -0.3 is 4.52 Å². The van der Waals surface area contributed by atoms with Crippen molar-refractivity contribution in [3.63, 3.8) is 0 Å². The first-order valence-corrected chi connectivity index (χ1v) is 8.88. The maximum atomic E-state index is 13.8. The first kappa shape index (κ1) is 17.8. The number of hydroxylamine groups is 1. The fourth-order valence-corrected chi connectivity index (χ4v) is 3.97. The van der Waals surface area contributed by atoms with Crippen molar-refractivity contribution in [2.24, 2.45) is 0 Å². The van der Waals surface area contributed by atoms with Gasteiger partial charge >= 0.3 is 0 Å². The van der Waals surface area contributed by atoms with Crippen LogP contribution in [0.2, 0.25) is 0 Å². The van der Waals surface area contributed by atoms with Crippen molar-refractivity contribution in [3.05, 3.63) is 41.6 Å². The van der Waals surface area contributed by atoms with E-state index in [1.54, 1.807) is 17.2 Å². The molecular formula is C16H17F2N3O3S. The van der Waals surface area contributed by atoms with Crippen molar-refractivity contribution in [3.8, 4) is 11.3 Å². The Morgan fingerprint density at radius 1 is 1.32 bits per heavy atom. The molecule has 0 spiro atoms. The van der Waals surface area contributed by atoms with E-state index in [0.717, 1.165) is 29.7 Å². The number of carbonyl (C=O) groups excluding carboxylic acids is 1. The van der Waals surface area contributed by atoms with Crippen LogP contribution < -0.4 is 10.8 Å². The lowest BCUT2D eigenvalue weighted by Gasteiger charge is -2.35. The Balaban J connectivity index is 1.74. The minimum Gasteiger partial charge on any atom is -0.356 e. The molecule has 1 aliphatic heterocycles. The number of hydrogen-bond acceptors (Lipinski definition) is 6. The number of halogens is 2. The number of nitrogens with zero attached hydrogens (tertiary/aromatic N) is 1. The lowest BCUT2D eigenvalue weighted by molar-refractivity contribution is -0.136. The molecule has 0 radical (unpaired) electrons. The Kier molecular flexibility index (Phi) is 5.36. The van der Waals surface area contributed by atoms with Crippen LogP contribution in [-0.2, 0) is 11.3 Å². The molecule has 134 valence electrons. The Labute approximate surface area is 146 Å². The lowest BCUT2D eigenvalue weighted by atomic mass is 9.91. The third-order valence-electron chi connectivity index (χ3n) is 4.24. The van der Waals surface area contributed by atoms with Gasteiger partial charge in [-0.2, -0.15) is 11.8 Å². The molecule has 0 saturated carbocycles. The fourth-order valence-electron chi connectivity index (χ4n) is 2.78. The van der Waals surface area contributed by atoms with E-state index in [9.17, 15) is 13.6 Å². The number of carbonyl (C=O) groups is 1. The number of hydrogen-bond donors (Lipinski definition) is 3. The molecule has 1 aliphatic rings. The van der Waals surface area contributed by atoms with Crippen molar-refractivity contribution in [1.82, 2.24) is 16.0 Å². The van der Waals surface area contributed by atoms with E-state index in [1.165, 1.54) is 6.07 Å². The number of benzene rings is 1. The average Bonchev–Trinajstić information content (AvgIpc) is 3.11. The standard InChI is InChI=1S/C16H17F2N3O3S/c17-10-1-2-13(18)12(7-10)14-8-11(21-24-14)9-19-16(15(22)20-23)3-5-25-6-4-16/h1-2,7-8,19,23H,3-6,9H2,(H,20,22). The quantitative estimate of drug-likeness (QED) is 0.554. The number of thioether (sulfide) groups is 1. The van der Waals surface area contributed by atoms with Crippen molar-refractivity contribution in [1.29, 1.82) is 0 Å². The van der Waals surface area contributed by atoms with Gasteiger partial charge in [-0.15, -0.1) is 0 Å². The maximum absolute atomic E-state index is 13.8. The third kappa shape index (κ3) is 3.83. The SMILES string of the molecule is O=C(NO)C1(NCc2cc(-c3cc(F)ccc3F)on2)CCSCC1. The zero-order chi connectivity index (χ0) is 17.9. The van der Waals surface area contributed by atoms with E-state index in [4.69, 9.17) is 9.73 Å². The molecule has 0 bridgehead atoms. The monoisotopic (exact) mass is 369 g/mol. The van der Waals surface area contributed by atoms with Crippen molar-refractivity contribution in [2.75, 3.05) is 11.5 Å². The van der Waals surface area contributed by atoms with E-state index in [2.05, 4.69) is 10.5 Å². The van der Waals surface area contributed by atoms with Crippen molar-refractivity contribution < 1.29 is 23.3 Å². The van der Waals surface area contributed by atoms with Crippen LogP contribution in [0.4, 0.5) is 8.78 Å². The minimum atomic E-state index is -0.886. The molecule has 0 atom stereocenters. The number of nitrogens with one attached hydrogen (secondary N) is 2. The number of amides is 1. The van der Waals surface area contributed by atoms with Crippen LogP contribution in [0.3, 0.4) is 0 Å². The highest BCUT2D eigenvalue weighted by molar-refractivity contribution is 7.99. The second-order valence-electron chi connectivity index (χ2n) is 5.80. The summed E-state index contributed by atoms with van der Waals surface area (Å²) in [5.74, 6) is 0.00225. The van der Waals surface area contributed by atoms with Gasteiger partial charge in [0.2, 0.25) is 0 Å². The van der Waals surface area contributed by atoms with Gasteiger partial charge in [-0.3, -0.25) is 15.3 Å². The summed E-state index contributed by atoms with van der Waals surface area (Å²) in [7, 11) is 0. The summed E-state index contributed by atoms with van der Waals surface area (Å²) in [6.45, 7) is 0.193. The Morgan fingerprint density at radius 3 is 2.80 bits per heavy atom. The van der Waals surface area contributed by atoms with Gasteiger partial charge in [0.25, 0.3) is 5.91 Å². The molecular weight excluding hydrogens is 352 g/mol. The average molecular weight is 369 g/mol. The van der Waals surface area contributed by atoms with Crippen LogP contribution >= 0.6 is 11.8 Å². The summed E-state index contributed by atoms with van der Waals surface area (Å²) >= 11 is 1.74. The van der Waals surface area contributed by atoms with Gasteiger partial charge in [-0.1, -0.05) is 5.16 Å². The zero-order valence-corrected chi connectivity index (χ0v) is 14.0. The van der Waals surface area contributed by atoms with Crippen LogP contribution in [0.25, 0.3) is 11.3 Å². The summed E-state index contributed by atoms with van der Waals surface area (Å²) < 4.78 is 32.2. The molecule has 1 saturated heterocycles. The van der Waals surface area contributed by atoms with Gasteiger partial charge in [0, 0.05) is 12.6 Å².